The Hall–Kier alpha value is -1.40. The first-order valence-electron chi connectivity index (χ1n) is 14.9. The van der Waals surface area contributed by atoms with Gasteiger partial charge < -0.3 is 10.9 Å². The number of nitrogens with one attached hydrogen (secondary N) is 4. The Morgan fingerprint density at radius 2 is 1.23 bits per heavy atom. The summed E-state index contributed by atoms with van der Waals surface area (Å²) in [6, 6.07) is 0. The molecule has 35 heavy (non-hydrogen) atoms. The van der Waals surface area contributed by atoms with E-state index < -0.39 is 0 Å². The maximum Gasteiger partial charge on any atom is 0.0483 e. The molecule has 0 spiro atoms. The highest BCUT2D eigenvalue weighted by atomic mass is 15.7. The molecule has 0 unspecified atom stereocenters. The molecular weight excluding hydrogens is 432 g/mol. The van der Waals surface area contributed by atoms with Crippen molar-refractivity contribution in [2.75, 3.05) is 13.6 Å². The quantitative estimate of drug-likeness (QED) is 0.201. The molecule has 0 radical (unpaired) electrons. The molecule has 0 aromatic carbocycles. The van der Waals surface area contributed by atoms with Crippen LogP contribution in [0.1, 0.15) is 147 Å². The van der Waals surface area contributed by atoms with E-state index in [1.807, 2.05) is 66.0 Å². The van der Waals surface area contributed by atoms with Crippen molar-refractivity contribution in [3.8, 4) is 0 Å². The standard InChI is InChI=1S/C15H31N3.C5H12.C3H7N3.3C2H6/c1-3-5-7-8-9-10-11-12-15-14-16-17-18(15)13-6-4-2;1-4-5(2)3;1-6-3-2-4-5-6;3*1-2/h14,16-17H,3-13H2,1-2H3;5H,4H2,1-3H3;2-5H,1H3;3*1-2H3. The summed E-state index contributed by atoms with van der Waals surface area (Å²) in [5.74, 6) is 0.884. The first-order chi connectivity index (χ1) is 17.0. The summed E-state index contributed by atoms with van der Waals surface area (Å²) in [6.07, 6.45) is 20.5. The summed E-state index contributed by atoms with van der Waals surface area (Å²) in [5, 5.41) is 4.08. The van der Waals surface area contributed by atoms with Crippen LogP contribution < -0.4 is 21.9 Å². The van der Waals surface area contributed by atoms with Crippen molar-refractivity contribution in [2.24, 2.45) is 5.92 Å². The van der Waals surface area contributed by atoms with Crippen LogP contribution in [-0.2, 0) is 0 Å². The monoisotopic (exact) mass is 501 g/mol. The molecule has 0 saturated heterocycles. The van der Waals surface area contributed by atoms with E-state index in [4.69, 9.17) is 0 Å². The fourth-order valence-electron chi connectivity index (χ4n) is 2.65. The van der Waals surface area contributed by atoms with Gasteiger partial charge in [-0.25, -0.2) is 0 Å². The lowest BCUT2D eigenvalue weighted by Gasteiger charge is -2.20. The van der Waals surface area contributed by atoms with E-state index in [0.717, 1.165) is 12.5 Å². The maximum absolute atomic E-state index is 3.20. The maximum atomic E-state index is 3.20. The van der Waals surface area contributed by atoms with E-state index >= 15 is 0 Å². The Labute approximate surface area is 222 Å². The predicted molar refractivity (Wildman–Crippen MR) is 161 cm³/mol. The predicted octanol–water partition coefficient (Wildman–Crippen LogP) is 8.64. The lowest BCUT2D eigenvalue weighted by atomic mass is 10.1. The smallest absolute Gasteiger partial charge is 0.0483 e. The normalized spacial score (nSPS) is 12.7. The number of nitrogens with zero attached hydrogens (tertiary/aromatic N) is 2. The van der Waals surface area contributed by atoms with E-state index in [-0.39, 0.29) is 0 Å². The Morgan fingerprint density at radius 1 is 0.714 bits per heavy atom. The summed E-state index contributed by atoms with van der Waals surface area (Å²) in [5.41, 5.74) is 13.3. The fourth-order valence-corrected chi connectivity index (χ4v) is 2.65. The number of hydrazine groups is 4. The van der Waals surface area contributed by atoms with Crippen molar-refractivity contribution >= 4 is 0 Å². The molecule has 0 saturated carbocycles. The SMILES string of the molecule is CC.CC.CC.CCC(C)C.CCCCCCCCCC1=CNNN1CCCC.CN1C=CNN1. The minimum atomic E-state index is 0.884. The van der Waals surface area contributed by atoms with E-state index in [9.17, 15) is 0 Å². The topological polar surface area (TPSA) is 54.6 Å². The molecule has 0 aromatic rings. The minimum Gasteiger partial charge on any atom is -0.310 e. The average Bonchev–Trinajstić information content (AvgIpc) is 3.57. The minimum absolute atomic E-state index is 0.884. The van der Waals surface area contributed by atoms with Crippen LogP contribution in [0.3, 0.4) is 0 Å². The molecule has 2 heterocycles. The first-order valence-corrected chi connectivity index (χ1v) is 14.9. The molecule has 2 rings (SSSR count). The summed E-state index contributed by atoms with van der Waals surface area (Å²) >= 11 is 0. The van der Waals surface area contributed by atoms with Crippen LogP contribution in [0.2, 0.25) is 0 Å². The van der Waals surface area contributed by atoms with Gasteiger partial charge in [0.2, 0.25) is 0 Å². The highest BCUT2D eigenvalue weighted by molar-refractivity contribution is 5.02. The number of hydrogen-bond acceptors (Lipinski definition) is 6. The van der Waals surface area contributed by atoms with E-state index in [0.29, 0.717) is 0 Å². The van der Waals surface area contributed by atoms with Crippen molar-refractivity contribution in [2.45, 2.75) is 147 Å². The Balaban J connectivity index is -0.000000231. The fraction of sp³-hybridized carbons (Fsp3) is 0.862. The van der Waals surface area contributed by atoms with Gasteiger partial charge in [-0.15, -0.1) is 11.1 Å². The van der Waals surface area contributed by atoms with Gasteiger partial charge in [-0.3, -0.25) is 10.0 Å². The molecule has 2 aliphatic heterocycles. The van der Waals surface area contributed by atoms with Crippen LogP contribution in [-0.4, -0.2) is 23.6 Å². The molecular formula is C29H68N6. The molecule has 0 atom stereocenters. The largest absolute Gasteiger partial charge is 0.310 e. The highest BCUT2D eigenvalue weighted by Crippen LogP contribution is 2.16. The summed E-state index contributed by atoms with van der Waals surface area (Å²) in [4.78, 5) is 0. The molecule has 6 nitrogen and oxygen atoms in total. The second kappa shape index (κ2) is 37.2. The Morgan fingerprint density at radius 3 is 1.63 bits per heavy atom. The van der Waals surface area contributed by atoms with Gasteiger partial charge in [0, 0.05) is 37.9 Å². The molecule has 0 amide bonds. The van der Waals surface area contributed by atoms with Crippen molar-refractivity contribution in [3.63, 3.8) is 0 Å². The van der Waals surface area contributed by atoms with Gasteiger partial charge in [-0.05, 0) is 25.2 Å². The summed E-state index contributed by atoms with van der Waals surface area (Å²) < 4.78 is 0. The van der Waals surface area contributed by atoms with Gasteiger partial charge in [-0.2, -0.15) is 0 Å². The van der Waals surface area contributed by atoms with Crippen molar-refractivity contribution in [3.05, 3.63) is 24.3 Å². The van der Waals surface area contributed by atoms with Gasteiger partial charge in [-0.1, -0.05) is 128 Å². The summed E-state index contributed by atoms with van der Waals surface area (Å²) in [7, 11) is 1.91. The molecule has 4 N–H and O–H groups in total. The van der Waals surface area contributed by atoms with Crippen molar-refractivity contribution in [1.29, 1.82) is 0 Å². The van der Waals surface area contributed by atoms with Gasteiger partial charge in [0.15, 0.2) is 0 Å². The van der Waals surface area contributed by atoms with Crippen molar-refractivity contribution < 1.29 is 0 Å². The van der Waals surface area contributed by atoms with Crippen molar-refractivity contribution in [1.82, 2.24) is 31.9 Å². The molecule has 2 aliphatic rings. The lowest BCUT2D eigenvalue weighted by molar-refractivity contribution is 0.239. The Kier molecular flexibility index (Phi) is 43.3. The van der Waals surface area contributed by atoms with Crippen LogP contribution in [0.5, 0.6) is 0 Å². The third-order valence-corrected chi connectivity index (χ3v) is 5.00. The first kappa shape index (κ1) is 40.8. The van der Waals surface area contributed by atoms with Crippen LogP contribution >= 0.6 is 0 Å². The van der Waals surface area contributed by atoms with E-state index in [2.05, 4.69) is 67.7 Å². The molecule has 0 bridgehead atoms. The van der Waals surface area contributed by atoms with Crippen LogP contribution in [0.4, 0.5) is 0 Å². The molecule has 0 fully saturated rings. The van der Waals surface area contributed by atoms with Gasteiger partial charge in [0.25, 0.3) is 0 Å². The second-order valence-corrected chi connectivity index (χ2v) is 8.25. The zero-order valence-corrected chi connectivity index (χ0v) is 26.2. The zero-order valence-electron chi connectivity index (χ0n) is 26.2. The van der Waals surface area contributed by atoms with Gasteiger partial charge in [0.05, 0.1) is 0 Å². The number of hydrogen-bond donors (Lipinski definition) is 4. The van der Waals surface area contributed by atoms with Crippen LogP contribution in [0.25, 0.3) is 0 Å². The number of allylic oxidation sites excluding steroid dienone is 1. The van der Waals surface area contributed by atoms with Gasteiger partial charge >= 0.3 is 0 Å². The number of unbranched alkanes of at least 4 members (excludes halogenated alkanes) is 7. The van der Waals surface area contributed by atoms with Crippen LogP contribution in [0, 0.1) is 5.92 Å². The zero-order chi connectivity index (χ0) is 27.7. The van der Waals surface area contributed by atoms with Crippen LogP contribution in [0.15, 0.2) is 24.3 Å². The molecule has 0 aromatic heterocycles. The molecule has 6 heteroatoms. The van der Waals surface area contributed by atoms with E-state index in [1.165, 1.54) is 76.3 Å². The number of rotatable bonds is 12. The third kappa shape index (κ3) is 32.6. The van der Waals surface area contributed by atoms with Gasteiger partial charge in [0.1, 0.15) is 0 Å². The second-order valence-electron chi connectivity index (χ2n) is 8.25. The average molecular weight is 501 g/mol. The highest BCUT2D eigenvalue weighted by Gasteiger charge is 2.12. The molecule has 0 aliphatic carbocycles. The summed E-state index contributed by atoms with van der Waals surface area (Å²) in [6.45, 7) is 24.3. The molecule has 214 valence electrons. The van der Waals surface area contributed by atoms with E-state index in [1.54, 1.807) is 0 Å². The Bertz CT molecular complexity index is 410. The third-order valence-electron chi connectivity index (χ3n) is 5.00. The lowest BCUT2D eigenvalue weighted by Crippen LogP contribution is -2.37.